The van der Waals surface area contributed by atoms with Crippen LogP contribution in [0.3, 0.4) is 0 Å². The van der Waals surface area contributed by atoms with Gasteiger partial charge in [-0.25, -0.2) is 38.4 Å². The van der Waals surface area contributed by atoms with E-state index >= 15 is 4.79 Å². The van der Waals surface area contributed by atoms with Crippen molar-refractivity contribution < 1.29 is 208 Å². The highest BCUT2D eigenvalue weighted by atomic mass is 16.7. The second kappa shape index (κ2) is 27.6. The maximum atomic E-state index is 15.1. The van der Waals surface area contributed by atoms with Crippen molar-refractivity contribution in [2.75, 3.05) is 13.2 Å². The summed E-state index contributed by atoms with van der Waals surface area (Å²) in [4.78, 5) is 114. The number of hydrogen-bond acceptors (Lipinski definition) is 44. The summed E-state index contributed by atoms with van der Waals surface area (Å²) in [5.74, 6) is -44.9. The van der Waals surface area contributed by atoms with E-state index in [0.29, 0.717) is 30.3 Å². The Morgan fingerprint density at radius 2 is 0.795 bits per heavy atom. The Morgan fingerprint density at radius 1 is 0.393 bits per heavy atom. The molecule has 2 saturated heterocycles. The largest absolute Gasteiger partial charge is 0.504 e. The van der Waals surface area contributed by atoms with Crippen molar-refractivity contribution in [3.63, 3.8) is 0 Å². The van der Waals surface area contributed by atoms with E-state index in [9.17, 15) is 156 Å². The molecule has 44 heteroatoms. The van der Waals surface area contributed by atoms with Crippen molar-refractivity contribution in [3.05, 3.63) is 115 Å². The van der Waals surface area contributed by atoms with E-state index in [2.05, 4.69) is 0 Å². The van der Waals surface area contributed by atoms with Gasteiger partial charge in [-0.2, -0.15) is 0 Å². The van der Waals surface area contributed by atoms with Crippen LogP contribution in [0.15, 0.2) is 79.1 Å². The molecule has 0 bridgehead atoms. The first kappa shape index (κ1) is 75.1. The summed E-state index contributed by atoms with van der Waals surface area (Å²) in [6.45, 7) is -2.67. The average Bonchev–Trinajstić information content (AvgIpc) is 0.726. The fourth-order valence-electron chi connectivity index (χ4n) is 12.2. The number of rotatable bonds is 13. The zero-order chi connectivity index (χ0) is 81.3. The number of carbonyl (C=O) groups is 6. The van der Waals surface area contributed by atoms with Gasteiger partial charge >= 0.3 is 47.1 Å². The van der Waals surface area contributed by atoms with Gasteiger partial charge in [-0.15, -0.1) is 0 Å². The molecule has 8 aromatic carbocycles. The molecule has 0 saturated carbocycles. The monoisotopic (exact) mass is 1570 g/mol. The minimum absolute atomic E-state index is 0.232. The van der Waals surface area contributed by atoms with Gasteiger partial charge in [-0.3, -0.25) is 0 Å². The van der Waals surface area contributed by atoms with E-state index in [-0.39, 0.29) is 24.3 Å². The standard InChI is InChI=1S/C68H48O44/c69-11-31-45(86)55(109-59(91)13-1-21(70)37(78)22(71)2-13)57(67(99)104-31)111-65(97)19-7-26(75)40(81)48(89)50(19)102-29-9-17-34(47(88)43(29)84)33-15(5-25(74)39(80)46(33)87)62(94)106-52-32(12-101-61(17)93)105-68(100)58(56(52)110-60(92)14-3-23(72)38(79)24(73)4-14)112-66(98)20-8-27(76)41(82)49(90)51(20)103-30-10-18-36-35-16(63(95)108-54(36)44(30)85)6-28(77)42(83)53(35)107-64(18)96/h1-10,31-32,45,52,55-58,67-90,99-100H,11-12H2/t31-,32-,45-,52-,55+,56+,57-,58-,67-,68-/m1/s1. The second-order valence-electron chi connectivity index (χ2n) is 24.4. The van der Waals surface area contributed by atoms with E-state index in [4.69, 9.17) is 56.2 Å². The Hall–Kier alpha value is -15.1. The lowest BCUT2D eigenvalue weighted by atomic mass is 9.91. The third-order valence-electron chi connectivity index (χ3n) is 17.6. The van der Waals surface area contributed by atoms with Crippen LogP contribution in [-0.4, -0.2) is 233 Å². The molecule has 0 radical (unpaired) electrons. The summed E-state index contributed by atoms with van der Waals surface area (Å²) < 4.78 is 65.4. The van der Waals surface area contributed by atoms with Gasteiger partial charge in [0.25, 0.3) is 0 Å². The summed E-state index contributed by atoms with van der Waals surface area (Å²) >= 11 is 0. The molecule has 3 aliphatic heterocycles. The Balaban J connectivity index is 0.877. The number of aromatic hydroxyl groups is 20. The summed E-state index contributed by atoms with van der Waals surface area (Å²) in [5.41, 5.74) is -14.4. The van der Waals surface area contributed by atoms with Crippen molar-refractivity contribution in [2.24, 2.45) is 0 Å². The molecule has 3 aliphatic rings. The molecule has 0 aliphatic carbocycles. The van der Waals surface area contributed by atoms with E-state index in [1.807, 2.05) is 0 Å². The smallest absolute Gasteiger partial charge is 0.344 e. The second-order valence-corrected chi connectivity index (χ2v) is 24.4. The number of aliphatic hydroxyl groups excluding tert-OH is 4. The third-order valence-corrected chi connectivity index (χ3v) is 17.6. The maximum Gasteiger partial charge on any atom is 0.344 e. The van der Waals surface area contributed by atoms with Gasteiger partial charge in [0.05, 0.1) is 39.6 Å². The lowest BCUT2D eigenvalue weighted by Gasteiger charge is -2.42. The molecule has 112 heavy (non-hydrogen) atoms. The highest BCUT2D eigenvalue weighted by molar-refractivity contribution is 6.22. The summed E-state index contributed by atoms with van der Waals surface area (Å²) in [6.07, 6.45) is -25.2. The Morgan fingerprint density at radius 3 is 1.30 bits per heavy atom. The van der Waals surface area contributed by atoms with Crippen molar-refractivity contribution in [3.8, 4) is 149 Å². The van der Waals surface area contributed by atoms with Gasteiger partial charge in [-0.05, 0) is 36.4 Å². The summed E-state index contributed by atoms with van der Waals surface area (Å²) in [7, 11) is 0. The zero-order valence-corrected chi connectivity index (χ0v) is 54.9. The van der Waals surface area contributed by atoms with Gasteiger partial charge < -0.3 is 179 Å². The number of carbonyl (C=O) groups excluding carboxylic acids is 6. The highest BCUT2D eigenvalue weighted by Crippen LogP contribution is 2.57. The predicted octanol–water partition coefficient (Wildman–Crippen LogP) is 1.54. The minimum atomic E-state index is -2.90. The van der Waals surface area contributed by atoms with Crippen LogP contribution in [0.1, 0.15) is 62.1 Å². The van der Waals surface area contributed by atoms with Gasteiger partial charge in [-0.1, -0.05) is 0 Å². The Labute approximate surface area is 612 Å². The van der Waals surface area contributed by atoms with Crippen molar-refractivity contribution in [1.29, 1.82) is 0 Å². The quantitative estimate of drug-likeness (QED) is 0.0256. The van der Waals surface area contributed by atoms with E-state index in [1.165, 1.54) is 0 Å². The number of benzene rings is 8. The lowest BCUT2D eigenvalue weighted by Crippen LogP contribution is -2.62. The molecule has 584 valence electrons. The van der Waals surface area contributed by atoms with Crippen molar-refractivity contribution in [2.45, 2.75) is 61.4 Å². The van der Waals surface area contributed by atoms with Crippen molar-refractivity contribution >= 4 is 68.5 Å². The van der Waals surface area contributed by atoms with Crippen LogP contribution in [0.5, 0.6) is 138 Å². The molecule has 0 unspecified atom stereocenters. The zero-order valence-electron chi connectivity index (χ0n) is 54.9. The van der Waals surface area contributed by atoms with Gasteiger partial charge in [0.2, 0.25) is 46.0 Å². The SMILES string of the molecule is O=C(O[C@@H]1[C@@H](OC(=O)c2cc(O)c(O)c(O)c2Oc2cc3c(=O)oc4c(O)c(O)cc5c(=O)oc(c2O)c3c45)[C@H](O)O[C@@H]2COC(=O)c3cc(Oc4c(C(=O)O[C@@H]5[C@@H](OC(=O)c6cc(O)c(O)c(O)c6)[C@H](O)[C@@H](CO)O[C@H]5O)cc(O)c(O)c4O)c(O)c(O)c3-c3c(cc(O)c(O)c3O)C(=O)O[C@@H]12)c1cc(O)c(O)c(O)c1. The lowest BCUT2D eigenvalue weighted by molar-refractivity contribution is -0.285. The molecule has 5 heterocycles. The average molecular weight is 1570 g/mol. The molecule has 44 nitrogen and oxygen atoms in total. The van der Waals surface area contributed by atoms with Gasteiger partial charge in [0.15, 0.2) is 146 Å². The van der Waals surface area contributed by atoms with Crippen LogP contribution < -0.4 is 20.7 Å². The number of aliphatic hydroxyl groups is 4. The van der Waals surface area contributed by atoms with Gasteiger partial charge in [0.1, 0.15) is 36.0 Å². The van der Waals surface area contributed by atoms with E-state index < -0.39 is 337 Å². The Bertz CT molecular complexity index is 5790. The molecule has 10 aromatic rings. The molecule has 2 fully saturated rings. The number of phenols is 20. The summed E-state index contributed by atoms with van der Waals surface area (Å²) in [5, 5.41) is 259. The predicted molar refractivity (Wildman–Crippen MR) is 349 cm³/mol. The van der Waals surface area contributed by atoms with Crippen LogP contribution in [-0.2, 0) is 37.9 Å². The number of hydrogen-bond donors (Lipinski definition) is 24. The normalized spacial score (nSPS) is 20.3. The third kappa shape index (κ3) is 12.4. The molecule has 24 N–H and O–H groups in total. The molecular weight excluding hydrogens is 1520 g/mol. The first-order valence-electron chi connectivity index (χ1n) is 31.2. The van der Waals surface area contributed by atoms with Crippen LogP contribution in [0.2, 0.25) is 0 Å². The topological polar surface area (TPSA) is 741 Å². The number of ether oxygens (including phenoxy) is 10. The molecule has 2 aromatic heterocycles. The maximum absolute atomic E-state index is 15.1. The molecule has 0 spiro atoms. The minimum Gasteiger partial charge on any atom is -0.504 e. The number of cyclic esters (lactones) is 1. The fourth-order valence-corrected chi connectivity index (χ4v) is 12.2. The fraction of sp³-hybridized carbons (Fsp3) is 0.176. The van der Waals surface area contributed by atoms with Crippen LogP contribution in [0, 0.1) is 0 Å². The Kier molecular flexibility index (Phi) is 18.5. The molecule has 13 rings (SSSR count). The van der Waals surface area contributed by atoms with Gasteiger partial charge in [0, 0.05) is 46.2 Å². The highest BCUT2D eigenvalue weighted by Gasteiger charge is 2.55. The van der Waals surface area contributed by atoms with Crippen LogP contribution >= 0.6 is 0 Å². The molecular formula is C68H48O44. The first-order chi connectivity index (χ1) is 52.8. The number of phenolic OH excluding ortho intramolecular Hbond substituents is 20. The summed E-state index contributed by atoms with van der Waals surface area (Å²) in [6, 6.07) is 4.30. The first-order valence-corrected chi connectivity index (χ1v) is 31.2. The van der Waals surface area contributed by atoms with Crippen molar-refractivity contribution in [1.82, 2.24) is 0 Å². The van der Waals surface area contributed by atoms with Crippen LogP contribution in [0.25, 0.3) is 43.8 Å². The van der Waals surface area contributed by atoms with Crippen LogP contribution in [0.4, 0.5) is 0 Å². The van der Waals surface area contributed by atoms with E-state index in [0.717, 1.165) is 6.07 Å². The molecule has 0 amide bonds. The van der Waals surface area contributed by atoms with E-state index in [1.54, 1.807) is 0 Å². The number of esters is 6. The molecule has 10 atom stereocenters. The number of fused-ring (bicyclic) bond motifs is 4.